The van der Waals surface area contributed by atoms with Crippen molar-refractivity contribution in [2.24, 2.45) is 5.10 Å². The maximum absolute atomic E-state index is 12.0. The first-order valence-electron chi connectivity index (χ1n) is 9.35. The Morgan fingerprint density at radius 1 is 0.867 bits per heavy atom. The molecule has 30 heavy (non-hydrogen) atoms. The Kier molecular flexibility index (Phi) is 7.16. The van der Waals surface area contributed by atoms with Crippen LogP contribution >= 0.6 is 0 Å². The maximum atomic E-state index is 12.0. The van der Waals surface area contributed by atoms with E-state index >= 15 is 0 Å². The van der Waals surface area contributed by atoms with Gasteiger partial charge in [0, 0.05) is 11.3 Å². The van der Waals surface area contributed by atoms with Crippen LogP contribution in [0.5, 0.6) is 17.2 Å². The number of carbonyl (C=O) groups excluding carboxylic acids is 2. The summed E-state index contributed by atoms with van der Waals surface area (Å²) in [4.78, 5) is 24.0. The van der Waals surface area contributed by atoms with Gasteiger partial charge in [-0.15, -0.1) is 0 Å². The molecule has 0 bridgehead atoms. The standard InChI is InChI=1S/C23H21N3O4/c1-2-29-21-11-7-6-8-17(21)16-24-26-23(28)22(27)25-18-12-14-20(15-13-18)30-19-9-4-3-5-10-19/h3-16H,2H2,1H3,(H,25,27)(H,26,28)/b24-16-. The number of hydrazone groups is 1. The molecule has 7 nitrogen and oxygen atoms in total. The van der Waals surface area contributed by atoms with Crippen molar-refractivity contribution in [3.63, 3.8) is 0 Å². The number of rotatable bonds is 7. The fraction of sp³-hybridized carbons (Fsp3) is 0.0870. The molecule has 0 aliphatic carbocycles. The average Bonchev–Trinajstić information content (AvgIpc) is 2.77. The SMILES string of the molecule is CCOc1ccccc1/C=N\NC(=O)C(=O)Nc1ccc(Oc2ccccc2)cc1. The highest BCUT2D eigenvalue weighted by atomic mass is 16.5. The Morgan fingerprint density at radius 2 is 1.53 bits per heavy atom. The molecule has 3 aromatic rings. The zero-order chi connectivity index (χ0) is 21.2. The number of nitrogens with one attached hydrogen (secondary N) is 2. The molecule has 2 N–H and O–H groups in total. The first-order valence-corrected chi connectivity index (χ1v) is 9.35. The number of amides is 2. The maximum Gasteiger partial charge on any atom is 0.329 e. The number of carbonyl (C=O) groups is 2. The van der Waals surface area contributed by atoms with Gasteiger partial charge in [-0.05, 0) is 55.5 Å². The van der Waals surface area contributed by atoms with Crippen LogP contribution in [-0.4, -0.2) is 24.6 Å². The van der Waals surface area contributed by atoms with Gasteiger partial charge in [0.15, 0.2) is 0 Å². The molecule has 0 saturated carbocycles. The molecule has 3 aromatic carbocycles. The molecule has 0 unspecified atom stereocenters. The number of nitrogens with zero attached hydrogens (tertiary/aromatic N) is 1. The molecule has 0 heterocycles. The van der Waals surface area contributed by atoms with Gasteiger partial charge in [0.05, 0.1) is 12.8 Å². The summed E-state index contributed by atoms with van der Waals surface area (Å²) in [5, 5.41) is 6.33. The number of para-hydroxylation sites is 2. The second kappa shape index (κ2) is 10.4. The van der Waals surface area contributed by atoms with Crippen LogP contribution < -0.4 is 20.2 Å². The van der Waals surface area contributed by atoms with E-state index in [2.05, 4.69) is 15.8 Å². The van der Waals surface area contributed by atoms with E-state index in [9.17, 15) is 9.59 Å². The van der Waals surface area contributed by atoms with E-state index in [-0.39, 0.29) is 0 Å². The molecule has 7 heteroatoms. The molecule has 0 atom stereocenters. The topological polar surface area (TPSA) is 89.0 Å². The van der Waals surface area contributed by atoms with E-state index < -0.39 is 11.8 Å². The molecule has 0 fully saturated rings. The lowest BCUT2D eigenvalue weighted by atomic mass is 10.2. The largest absolute Gasteiger partial charge is 0.493 e. The minimum Gasteiger partial charge on any atom is -0.493 e. The van der Waals surface area contributed by atoms with Crippen LogP contribution in [0.15, 0.2) is 84.0 Å². The van der Waals surface area contributed by atoms with Crippen molar-refractivity contribution < 1.29 is 19.1 Å². The van der Waals surface area contributed by atoms with Gasteiger partial charge >= 0.3 is 11.8 Å². The van der Waals surface area contributed by atoms with E-state index in [1.54, 1.807) is 36.4 Å². The van der Waals surface area contributed by atoms with Gasteiger partial charge in [0.1, 0.15) is 17.2 Å². The lowest BCUT2D eigenvalue weighted by Crippen LogP contribution is -2.32. The van der Waals surface area contributed by atoms with Gasteiger partial charge in [-0.1, -0.05) is 30.3 Å². The Morgan fingerprint density at radius 3 is 2.27 bits per heavy atom. The first kappa shape index (κ1) is 20.6. The van der Waals surface area contributed by atoms with Crippen molar-refractivity contribution in [3.05, 3.63) is 84.4 Å². The van der Waals surface area contributed by atoms with Crippen molar-refractivity contribution in [2.45, 2.75) is 6.92 Å². The third kappa shape index (κ3) is 5.93. The minimum atomic E-state index is -0.884. The van der Waals surface area contributed by atoms with Crippen LogP contribution in [0.4, 0.5) is 5.69 Å². The van der Waals surface area contributed by atoms with Crippen molar-refractivity contribution in [1.29, 1.82) is 0 Å². The highest BCUT2D eigenvalue weighted by Crippen LogP contribution is 2.22. The van der Waals surface area contributed by atoms with E-state index in [0.717, 1.165) is 0 Å². The van der Waals surface area contributed by atoms with Crippen molar-refractivity contribution in [1.82, 2.24) is 5.43 Å². The van der Waals surface area contributed by atoms with Crippen molar-refractivity contribution in [3.8, 4) is 17.2 Å². The molecular formula is C23H21N3O4. The Labute approximate surface area is 174 Å². The lowest BCUT2D eigenvalue weighted by Gasteiger charge is -2.08. The molecule has 152 valence electrons. The zero-order valence-corrected chi connectivity index (χ0v) is 16.4. The average molecular weight is 403 g/mol. The van der Waals surface area contributed by atoms with E-state index in [1.807, 2.05) is 49.4 Å². The Hall–Kier alpha value is -4.13. The molecule has 0 saturated heterocycles. The number of hydrogen-bond donors (Lipinski definition) is 2. The summed E-state index contributed by atoms with van der Waals surface area (Å²) in [5.41, 5.74) is 3.35. The fourth-order valence-corrected chi connectivity index (χ4v) is 2.50. The molecule has 3 rings (SSSR count). The quantitative estimate of drug-likeness (QED) is 0.355. The predicted molar refractivity (Wildman–Crippen MR) is 115 cm³/mol. The van der Waals surface area contributed by atoms with Gasteiger partial charge in [-0.25, -0.2) is 5.43 Å². The summed E-state index contributed by atoms with van der Waals surface area (Å²) in [6, 6.07) is 23.3. The smallest absolute Gasteiger partial charge is 0.329 e. The third-order valence-electron chi connectivity index (χ3n) is 3.89. The summed E-state index contributed by atoms with van der Waals surface area (Å²) in [6.07, 6.45) is 1.42. The summed E-state index contributed by atoms with van der Waals surface area (Å²) >= 11 is 0. The second-order valence-corrected chi connectivity index (χ2v) is 6.06. The Bertz CT molecular complexity index is 1020. The molecule has 0 aliphatic rings. The molecule has 0 aliphatic heterocycles. The lowest BCUT2D eigenvalue weighted by molar-refractivity contribution is -0.136. The highest BCUT2D eigenvalue weighted by molar-refractivity contribution is 6.39. The monoisotopic (exact) mass is 403 g/mol. The molecule has 0 spiro atoms. The molecule has 0 radical (unpaired) electrons. The summed E-state index contributed by atoms with van der Waals surface area (Å²) in [6.45, 7) is 2.38. The molecule has 0 aromatic heterocycles. The van der Waals surface area contributed by atoms with Gasteiger partial charge in [0.25, 0.3) is 0 Å². The Balaban J connectivity index is 1.52. The van der Waals surface area contributed by atoms with Gasteiger partial charge in [-0.2, -0.15) is 5.10 Å². The van der Waals surface area contributed by atoms with E-state index in [4.69, 9.17) is 9.47 Å². The fourth-order valence-electron chi connectivity index (χ4n) is 2.50. The van der Waals surface area contributed by atoms with Gasteiger partial charge in [-0.3, -0.25) is 9.59 Å². The van der Waals surface area contributed by atoms with Crippen LogP contribution in [0.3, 0.4) is 0 Å². The van der Waals surface area contributed by atoms with E-state index in [1.165, 1.54) is 6.21 Å². The van der Waals surface area contributed by atoms with Crippen LogP contribution in [0.2, 0.25) is 0 Å². The van der Waals surface area contributed by atoms with Gasteiger partial charge in [0.2, 0.25) is 0 Å². The van der Waals surface area contributed by atoms with Gasteiger partial charge < -0.3 is 14.8 Å². The van der Waals surface area contributed by atoms with Crippen LogP contribution in [-0.2, 0) is 9.59 Å². The van der Waals surface area contributed by atoms with Crippen LogP contribution in [0.1, 0.15) is 12.5 Å². The summed E-state index contributed by atoms with van der Waals surface area (Å²) in [5.74, 6) is 0.241. The number of hydrogen-bond acceptors (Lipinski definition) is 5. The first-order chi connectivity index (χ1) is 14.7. The summed E-state index contributed by atoms with van der Waals surface area (Å²) in [7, 11) is 0. The molecule has 2 amide bonds. The third-order valence-corrected chi connectivity index (χ3v) is 3.89. The number of ether oxygens (including phenoxy) is 2. The molecular weight excluding hydrogens is 382 g/mol. The van der Waals surface area contributed by atoms with Crippen molar-refractivity contribution >= 4 is 23.7 Å². The highest BCUT2D eigenvalue weighted by Gasteiger charge is 2.13. The normalized spacial score (nSPS) is 10.4. The van der Waals surface area contributed by atoms with E-state index in [0.29, 0.717) is 35.1 Å². The minimum absolute atomic E-state index is 0.459. The van der Waals surface area contributed by atoms with Crippen LogP contribution in [0, 0.1) is 0 Å². The predicted octanol–water partition coefficient (Wildman–Crippen LogP) is 3.97. The van der Waals surface area contributed by atoms with Crippen LogP contribution in [0.25, 0.3) is 0 Å². The number of benzene rings is 3. The van der Waals surface area contributed by atoms with Crippen molar-refractivity contribution in [2.75, 3.05) is 11.9 Å². The number of anilines is 1. The summed E-state index contributed by atoms with van der Waals surface area (Å²) < 4.78 is 11.2. The zero-order valence-electron chi connectivity index (χ0n) is 16.4. The second-order valence-electron chi connectivity index (χ2n) is 6.06.